The number of hydrogen-bond donors (Lipinski definition) is 1. The molecule has 7 nitrogen and oxygen atoms in total. The van der Waals surface area contributed by atoms with Gasteiger partial charge in [0.25, 0.3) is 0 Å². The average molecular weight is 250 g/mol. The summed E-state index contributed by atoms with van der Waals surface area (Å²) in [5.74, 6) is -0.926. The van der Waals surface area contributed by atoms with Crippen molar-refractivity contribution in [2.24, 2.45) is 0 Å². The Bertz CT molecular complexity index is 533. The molecule has 94 valence electrons. The predicted octanol–water partition coefficient (Wildman–Crippen LogP) is 1.14. The number of nitro benzene ring substituents is 1. The fourth-order valence-electron chi connectivity index (χ4n) is 1.48. The fourth-order valence-corrected chi connectivity index (χ4v) is 1.48. The van der Waals surface area contributed by atoms with Crippen molar-refractivity contribution in [3.63, 3.8) is 0 Å². The van der Waals surface area contributed by atoms with E-state index in [1.807, 2.05) is 0 Å². The van der Waals surface area contributed by atoms with Gasteiger partial charge in [-0.3, -0.25) is 10.1 Å². The molecule has 0 aliphatic heterocycles. The topological polar surface area (TPSA) is 113 Å². The van der Waals surface area contributed by atoms with Crippen LogP contribution in [0.15, 0.2) is 12.1 Å². The number of aliphatic hydroxyl groups excluding tert-OH is 1. The van der Waals surface area contributed by atoms with Crippen molar-refractivity contribution in [3.8, 4) is 6.07 Å². The summed E-state index contributed by atoms with van der Waals surface area (Å²) in [5.41, 5.74) is -1.20. The molecule has 0 saturated heterocycles. The highest BCUT2D eigenvalue weighted by Gasteiger charge is 2.28. The van der Waals surface area contributed by atoms with E-state index in [0.717, 1.165) is 0 Å². The van der Waals surface area contributed by atoms with E-state index in [1.165, 1.54) is 12.1 Å². The molecule has 0 aliphatic carbocycles. The highest BCUT2D eigenvalue weighted by Crippen LogP contribution is 2.27. The first-order valence-electron chi connectivity index (χ1n) is 5.05. The van der Waals surface area contributed by atoms with Gasteiger partial charge >= 0.3 is 11.7 Å². The summed E-state index contributed by atoms with van der Waals surface area (Å²) in [5, 5.41) is 28.8. The predicted molar refractivity (Wildman–Crippen MR) is 59.7 cm³/mol. The van der Waals surface area contributed by atoms with E-state index in [0.29, 0.717) is 0 Å². The number of esters is 1. The minimum atomic E-state index is -0.926. The van der Waals surface area contributed by atoms with Gasteiger partial charge in [-0.05, 0) is 18.6 Å². The first-order chi connectivity index (χ1) is 8.56. The molecule has 0 amide bonds. The van der Waals surface area contributed by atoms with Crippen molar-refractivity contribution >= 4 is 11.7 Å². The van der Waals surface area contributed by atoms with Gasteiger partial charge in [0, 0.05) is 0 Å². The molecule has 0 bridgehead atoms. The molecule has 0 saturated carbocycles. The van der Waals surface area contributed by atoms with Crippen LogP contribution in [-0.2, 0) is 11.3 Å². The third-order valence-electron chi connectivity index (χ3n) is 2.22. The number of benzene rings is 1. The average Bonchev–Trinajstić information content (AvgIpc) is 2.36. The van der Waals surface area contributed by atoms with Crippen molar-refractivity contribution in [3.05, 3.63) is 38.9 Å². The third-order valence-corrected chi connectivity index (χ3v) is 2.22. The smallest absolute Gasteiger partial charge is 0.345 e. The Balaban J connectivity index is 3.56. The zero-order chi connectivity index (χ0) is 13.7. The minimum Gasteiger partial charge on any atom is -0.462 e. The Kier molecular flexibility index (Phi) is 4.34. The molecule has 0 unspecified atom stereocenters. The van der Waals surface area contributed by atoms with Crippen molar-refractivity contribution in [2.45, 2.75) is 13.5 Å². The molecular weight excluding hydrogens is 240 g/mol. The summed E-state index contributed by atoms with van der Waals surface area (Å²) in [4.78, 5) is 21.8. The van der Waals surface area contributed by atoms with Gasteiger partial charge in [0.05, 0.1) is 18.1 Å². The van der Waals surface area contributed by atoms with E-state index in [2.05, 4.69) is 0 Å². The van der Waals surface area contributed by atoms with Crippen molar-refractivity contribution < 1.29 is 19.6 Å². The van der Waals surface area contributed by atoms with E-state index in [4.69, 9.17) is 15.1 Å². The second-order valence-electron chi connectivity index (χ2n) is 3.24. The molecule has 1 rings (SSSR count). The number of ether oxygens (including phenoxy) is 1. The standard InChI is InChI=1S/C11H10N2O5/c1-2-18-11(15)9-8(6-14)4-3-7(5-12)10(9)13(16)17/h3-4,14H,2,6H2,1H3. The Labute approximate surface area is 102 Å². The van der Waals surface area contributed by atoms with Gasteiger partial charge in [-0.15, -0.1) is 0 Å². The van der Waals surface area contributed by atoms with E-state index in [-0.39, 0.29) is 23.3 Å². The SMILES string of the molecule is CCOC(=O)c1c(CO)ccc(C#N)c1[N+](=O)[O-]. The second-order valence-corrected chi connectivity index (χ2v) is 3.24. The monoisotopic (exact) mass is 250 g/mol. The lowest BCUT2D eigenvalue weighted by atomic mass is 10.0. The zero-order valence-electron chi connectivity index (χ0n) is 9.54. The summed E-state index contributed by atoms with van der Waals surface area (Å²) >= 11 is 0. The van der Waals surface area contributed by atoms with Crippen LogP contribution in [0.25, 0.3) is 0 Å². The maximum Gasteiger partial charge on any atom is 0.345 e. The highest BCUT2D eigenvalue weighted by molar-refractivity contribution is 5.96. The lowest BCUT2D eigenvalue weighted by molar-refractivity contribution is -0.385. The second kappa shape index (κ2) is 5.75. The molecule has 7 heteroatoms. The lowest BCUT2D eigenvalue weighted by Crippen LogP contribution is -2.12. The van der Waals surface area contributed by atoms with Gasteiger partial charge in [0.1, 0.15) is 17.2 Å². The number of carbonyl (C=O) groups excluding carboxylic acids is 1. The van der Waals surface area contributed by atoms with Gasteiger partial charge in [-0.2, -0.15) is 5.26 Å². The Hall–Kier alpha value is -2.46. The number of hydrogen-bond acceptors (Lipinski definition) is 6. The molecule has 1 aromatic rings. The zero-order valence-corrected chi connectivity index (χ0v) is 9.54. The normalized spacial score (nSPS) is 9.61. The third kappa shape index (κ3) is 2.44. The van der Waals surface area contributed by atoms with Crippen LogP contribution in [-0.4, -0.2) is 22.6 Å². The molecule has 1 aromatic carbocycles. The molecular formula is C11H10N2O5. The molecule has 0 aromatic heterocycles. The summed E-state index contributed by atoms with van der Waals surface area (Å²) in [7, 11) is 0. The van der Waals surface area contributed by atoms with E-state index < -0.39 is 23.2 Å². The van der Waals surface area contributed by atoms with E-state index in [1.54, 1.807) is 13.0 Å². The van der Waals surface area contributed by atoms with Gasteiger partial charge in [0.2, 0.25) is 0 Å². The Morgan fingerprint density at radius 2 is 2.28 bits per heavy atom. The number of aliphatic hydroxyl groups is 1. The van der Waals surface area contributed by atoms with Gasteiger partial charge < -0.3 is 9.84 Å². The van der Waals surface area contributed by atoms with Crippen LogP contribution in [0.2, 0.25) is 0 Å². The molecule has 0 aliphatic rings. The van der Waals surface area contributed by atoms with Crippen LogP contribution in [0.4, 0.5) is 5.69 Å². The maximum absolute atomic E-state index is 11.7. The van der Waals surface area contributed by atoms with Crippen LogP contribution in [0.5, 0.6) is 0 Å². The summed E-state index contributed by atoms with van der Waals surface area (Å²) < 4.78 is 4.70. The quantitative estimate of drug-likeness (QED) is 0.486. The van der Waals surface area contributed by atoms with Crippen LogP contribution < -0.4 is 0 Å². The highest BCUT2D eigenvalue weighted by atomic mass is 16.6. The molecule has 0 spiro atoms. The van der Waals surface area contributed by atoms with Crippen molar-refractivity contribution in [2.75, 3.05) is 6.61 Å². The van der Waals surface area contributed by atoms with Gasteiger partial charge in [0.15, 0.2) is 0 Å². The van der Waals surface area contributed by atoms with Crippen LogP contribution in [0.3, 0.4) is 0 Å². The van der Waals surface area contributed by atoms with Crippen LogP contribution >= 0.6 is 0 Å². The maximum atomic E-state index is 11.7. The minimum absolute atomic E-state index is 0.0393. The summed E-state index contributed by atoms with van der Waals surface area (Å²) in [6, 6.07) is 4.11. The molecule has 18 heavy (non-hydrogen) atoms. The lowest BCUT2D eigenvalue weighted by Gasteiger charge is -2.08. The fraction of sp³-hybridized carbons (Fsp3) is 0.273. The first kappa shape index (κ1) is 13.6. The van der Waals surface area contributed by atoms with Crippen molar-refractivity contribution in [1.82, 2.24) is 0 Å². The number of nitro groups is 1. The molecule has 0 radical (unpaired) electrons. The number of nitriles is 1. The number of carbonyl (C=O) groups is 1. The number of nitrogens with zero attached hydrogens (tertiary/aromatic N) is 2. The van der Waals surface area contributed by atoms with Crippen LogP contribution in [0, 0.1) is 21.4 Å². The van der Waals surface area contributed by atoms with Crippen molar-refractivity contribution in [1.29, 1.82) is 5.26 Å². The molecule has 0 heterocycles. The summed E-state index contributed by atoms with van der Waals surface area (Å²) in [6.07, 6.45) is 0. The molecule has 0 atom stereocenters. The molecule has 0 fully saturated rings. The van der Waals surface area contributed by atoms with Gasteiger partial charge in [-0.1, -0.05) is 6.07 Å². The summed E-state index contributed by atoms with van der Waals surface area (Å²) in [6.45, 7) is 1.04. The van der Waals surface area contributed by atoms with Gasteiger partial charge in [-0.25, -0.2) is 4.79 Å². The number of rotatable bonds is 4. The van der Waals surface area contributed by atoms with E-state index >= 15 is 0 Å². The Morgan fingerprint density at radius 3 is 2.72 bits per heavy atom. The van der Waals surface area contributed by atoms with E-state index in [9.17, 15) is 14.9 Å². The largest absolute Gasteiger partial charge is 0.462 e. The Morgan fingerprint density at radius 1 is 1.61 bits per heavy atom. The first-order valence-corrected chi connectivity index (χ1v) is 5.05. The van der Waals surface area contributed by atoms with Crippen LogP contribution in [0.1, 0.15) is 28.4 Å². The molecule has 1 N–H and O–H groups in total.